The van der Waals surface area contributed by atoms with Gasteiger partial charge in [0, 0.05) is 44.0 Å². The van der Waals surface area contributed by atoms with Crippen molar-refractivity contribution in [2.75, 3.05) is 31.1 Å². The zero-order valence-corrected chi connectivity index (χ0v) is 15.0. The lowest BCUT2D eigenvalue weighted by molar-refractivity contribution is -0.384. The Morgan fingerprint density at radius 1 is 1.04 bits per heavy atom. The summed E-state index contributed by atoms with van der Waals surface area (Å²) >= 11 is 11.7. The van der Waals surface area contributed by atoms with E-state index in [1.807, 2.05) is 4.90 Å². The molecule has 2 aromatic carbocycles. The number of nitro benzene ring substituents is 1. The topological polar surface area (TPSA) is 66.7 Å². The van der Waals surface area contributed by atoms with E-state index in [0.717, 1.165) is 11.8 Å². The molecule has 0 N–H and O–H groups in total. The van der Waals surface area contributed by atoms with Gasteiger partial charge >= 0.3 is 0 Å². The Morgan fingerprint density at radius 3 is 2.23 bits per heavy atom. The first-order valence-electron chi connectivity index (χ1n) is 7.80. The number of carbonyl (C=O) groups is 1. The Labute approximate surface area is 158 Å². The number of nitro groups is 1. The minimum atomic E-state index is -0.691. The molecule has 0 atom stereocenters. The summed E-state index contributed by atoms with van der Waals surface area (Å²) in [7, 11) is 0. The molecule has 0 aromatic heterocycles. The van der Waals surface area contributed by atoms with Gasteiger partial charge in [0.05, 0.1) is 20.5 Å². The number of amides is 1. The Hall–Kier alpha value is -2.38. The molecule has 2 aromatic rings. The van der Waals surface area contributed by atoms with Crippen LogP contribution in [0, 0.1) is 15.9 Å². The Morgan fingerprint density at radius 2 is 1.65 bits per heavy atom. The fourth-order valence-electron chi connectivity index (χ4n) is 2.81. The van der Waals surface area contributed by atoms with E-state index >= 15 is 0 Å². The van der Waals surface area contributed by atoms with Gasteiger partial charge in [-0.1, -0.05) is 23.2 Å². The van der Waals surface area contributed by atoms with Crippen molar-refractivity contribution in [1.29, 1.82) is 0 Å². The van der Waals surface area contributed by atoms with Gasteiger partial charge in [-0.2, -0.15) is 0 Å². The van der Waals surface area contributed by atoms with Gasteiger partial charge in [-0.3, -0.25) is 14.9 Å². The van der Waals surface area contributed by atoms with E-state index in [0.29, 0.717) is 26.2 Å². The maximum Gasteiger partial charge on any atom is 0.269 e. The first kappa shape index (κ1) is 18.4. The molecule has 1 heterocycles. The standard InChI is InChI=1S/C17H14Cl2FN3O3/c18-14-10-15(19)16(20)9-13(14)17(24)22-7-5-21(6-8-22)11-1-3-12(4-2-11)23(25)26/h1-4,9-10H,5-8H2. The zero-order valence-electron chi connectivity index (χ0n) is 13.5. The molecule has 1 fully saturated rings. The second-order valence-electron chi connectivity index (χ2n) is 5.80. The SMILES string of the molecule is O=C(c1cc(F)c(Cl)cc1Cl)N1CCN(c2ccc([N+](=O)[O-])cc2)CC1. The van der Waals surface area contributed by atoms with Crippen molar-refractivity contribution >= 4 is 40.5 Å². The number of non-ortho nitro benzene ring substituents is 1. The number of rotatable bonds is 3. The van der Waals surface area contributed by atoms with Crippen molar-refractivity contribution in [2.45, 2.75) is 0 Å². The van der Waals surface area contributed by atoms with Crippen LogP contribution in [0.2, 0.25) is 10.0 Å². The van der Waals surface area contributed by atoms with Crippen LogP contribution in [0.4, 0.5) is 15.8 Å². The first-order valence-corrected chi connectivity index (χ1v) is 8.55. The molecule has 1 saturated heterocycles. The van der Waals surface area contributed by atoms with Crippen LogP contribution in [0.1, 0.15) is 10.4 Å². The van der Waals surface area contributed by atoms with Gasteiger partial charge in [0.2, 0.25) is 0 Å². The second kappa shape index (κ2) is 7.47. The van der Waals surface area contributed by atoms with Gasteiger partial charge in [0.1, 0.15) is 5.82 Å². The number of halogens is 3. The first-order chi connectivity index (χ1) is 12.4. The van der Waals surface area contributed by atoms with Gasteiger partial charge in [0.15, 0.2) is 0 Å². The molecule has 0 bridgehead atoms. The number of benzene rings is 2. The van der Waals surface area contributed by atoms with Crippen LogP contribution in [-0.4, -0.2) is 41.9 Å². The smallest absolute Gasteiger partial charge is 0.269 e. The summed E-state index contributed by atoms with van der Waals surface area (Å²) in [6, 6.07) is 8.53. The van der Waals surface area contributed by atoms with Crippen LogP contribution in [0.15, 0.2) is 36.4 Å². The van der Waals surface area contributed by atoms with E-state index < -0.39 is 10.7 Å². The largest absolute Gasteiger partial charge is 0.368 e. The normalized spacial score (nSPS) is 14.4. The molecule has 6 nitrogen and oxygen atoms in total. The lowest BCUT2D eigenvalue weighted by atomic mass is 10.1. The summed E-state index contributed by atoms with van der Waals surface area (Å²) in [6.45, 7) is 1.96. The van der Waals surface area contributed by atoms with Crippen molar-refractivity contribution in [1.82, 2.24) is 4.90 Å². The third-order valence-electron chi connectivity index (χ3n) is 4.23. The van der Waals surface area contributed by atoms with Crippen LogP contribution in [0.25, 0.3) is 0 Å². The van der Waals surface area contributed by atoms with Crippen molar-refractivity contribution in [3.8, 4) is 0 Å². The van der Waals surface area contributed by atoms with E-state index in [2.05, 4.69) is 0 Å². The molecule has 0 aliphatic carbocycles. The molecule has 1 amide bonds. The summed E-state index contributed by atoms with van der Waals surface area (Å²) in [5, 5.41) is 10.7. The Bertz CT molecular complexity index is 853. The van der Waals surface area contributed by atoms with Crippen molar-refractivity contribution in [3.63, 3.8) is 0 Å². The quantitative estimate of drug-likeness (QED) is 0.445. The van der Waals surface area contributed by atoms with Crippen LogP contribution >= 0.6 is 23.2 Å². The third-order valence-corrected chi connectivity index (χ3v) is 4.84. The fraction of sp³-hybridized carbons (Fsp3) is 0.235. The maximum atomic E-state index is 13.6. The molecule has 136 valence electrons. The lowest BCUT2D eigenvalue weighted by Gasteiger charge is -2.36. The van der Waals surface area contributed by atoms with E-state index in [1.54, 1.807) is 17.0 Å². The molecule has 0 unspecified atom stereocenters. The number of carbonyl (C=O) groups excluding carboxylic acids is 1. The number of anilines is 1. The highest BCUT2D eigenvalue weighted by Gasteiger charge is 2.25. The average Bonchev–Trinajstić information content (AvgIpc) is 2.64. The zero-order chi connectivity index (χ0) is 18.8. The summed E-state index contributed by atoms with van der Waals surface area (Å²) < 4.78 is 13.6. The second-order valence-corrected chi connectivity index (χ2v) is 6.61. The summed E-state index contributed by atoms with van der Waals surface area (Å²) in [5.74, 6) is -1.04. The minimum Gasteiger partial charge on any atom is -0.368 e. The summed E-state index contributed by atoms with van der Waals surface area (Å²) in [6.07, 6.45) is 0. The van der Waals surface area contributed by atoms with Gasteiger partial charge in [-0.25, -0.2) is 4.39 Å². The van der Waals surface area contributed by atoms with Gasteiger partial charge in [-0.15, -0.1) is 0 Å². The number of piperazine rings is 1. The molecule has 1 aliphatic rings. The predicted octanol–water partition coefficient (Wildman–Crippen LogP) is 4.00. The van der Waals surface area contributed by atoms with Crippen LogP contribution < -0.4 is 4.90 Å². The van der Waals surface area contributed by atoms with Crippen molar-refractivity contribution < 1.29 is 14.1 Å². The van der Waals surface area contributed by atoms with Crippen LogP contribution in [0.5, 0.6) is 0 Å². The van der Waals surface area contributed by atoms with E-state index in [9.17, 15) is 19.3 Å². The molecule has 0 radical (unpaired) electrons. The highest BCUT2D eigenvalue weighted by molar-refractivity contribution is 6.36. The lowest BCUT2D eigenvalue weighted by Crippen LogP contribution is -2.48. The minimum absolute atomic E-state index is 0.0296. The molecule has 1 aliphatic heterocycles. The van der Waals surface area contributed by atoms with E-state index in [-0.39, 0.29) is 27.2 Å². The van der Waals surface area contributed by atoms with Gasteiger partial charge in [-0.05, 0) is 24.3 Å². The molecular weight excluding hydrogens is 384 g/mol. The van der Waals surface area contributed by atoms with E-state index in [4.69, 9.17) is 23.2 Å². The molecular formula is C17H14Cl2FN3O3. The number of hydrogen-bond donors (Lipinski definition) is 0. The molecule has 3 rings (SSSR count). The fourth-order valence-corrected chi connectivity index (χ4v) is 3.27. The molecule has 0 saturated carbocycles. The third kappa shape index (κ3) is 3.73. The van der Waals surface area contributed by atoms with E-state index in [1.165, 1.54) is 18.2 Å². The maximum absolute atomic E-state index is 13.6. The van der Waals surface area contributed by atoms with Crippen LogP contribution in [0.3, 0.4) is 0 Å². The van der Waals surface area contributed by atoms with Crippen molar-refractivity contribution in [3.05, 3.63) is 67.9 Å². The highest BCUT2D eigenvalue weighted by Crippen LogP contribution is 2.26. The van der Waals surface area contributed by atoms with Gasteiger partial charge < -0.3 is 9.80 Å². The van der Waals surface area contributed by atoms with Crippen LogP contribution in [-0.2, 0) is 0 Å². The summed E-state index contributed by atoms with van der Waals surface area (Å²) in [5.41, 5.74) is 0.956. The summed E-state index contributed by atoms with van der Waals surface area (Å²) in [4.78, 5) is 26.5. The molecule has 26 heavy (non-hydrogen) atoms. The van der Waals surface area contributed by atoms with Crippen molar-refractivity contribution in [2.24, 2.45) is 0 Å². The number of nitrogens with zero attached hydrogens (tertiary/aromatic N) is 3. The highest BCUT2D eigenvalue weighted by atomic mass is 35.5. The predicted molar refractivity (Wildman–Crippen MR) is 97.6 cm³/mol. The Balaban J connectivity index is 1.67. The average molecular weight is 398 g/mol. The van der Waals surface area contributed by atoms with Gasteiger partial charge in [0.25, 0.3) is 11.6 Å². The molecule has 0 spiro atoms. The molecule has 9 heteroatoms. The monoisotopic (exact) mass is 397 g/mol. The number of hydrogen-bond acceptors (Lipinski definition) is 4. The Kier molecular flexibility index (Phi) is 5.29.